The quantitative estimate of drug-likeness (QED) is 0.886. The normalized spacial score (nSPS) is 18.8. The summed E-state index contributed by atoms with van der Waals surface area (Å²) in [6, 6.07) is 2.08. The number of nitrogens with one attached hydrogen (secondary N) is 1. The summed E-state index contributed by atoms with van der Waals surface area (Å²) in [5, 5.41) is 5.15. The van der Waals surface area contributed by atoms with Gasteiger partial charge >= 0.3 is 0 Å². The summed E-state index contributed by atoms with van der Waals surface area (Å²) in [7, 11) is -1.32. The van der Waals surface area contributed by atoms with Crippen molar-refractivity contribution in [2.45, 2.75) is 31.3 Å². The predicted octanol–water partition coefficient (Wildman–Crippen LogP) is 1.18. The van der Waals surface area contributed by atoms with Gasteiger partial charge in [-0.15, -0.1) is 11.3 Å². The van der Waals surface area contributed by atoms with Crippen LogP contribution in [-0.2, 0) is 16.6 Å². The second kappa shape index (κ2) is 6.53. The Morgan fingerprint density at radius 1 is 1.30 bits per heavy atom. The van der Waals surface area contributed by atoms with E-state index in [0.29, 0.717) is 30.6 Å². The number of sulfonamides is 1. The smallest absolute Gasteiger partial charge is 0.244 e. The molecule has 2 rings (SSSR count). The summed E-state index contributed by atoms with van der Waals surface area (Å²) < 4.78 is 27.0. The van der Waals surface area contributed by atoms with Crippen LogP contribution in [0.3, 0.4) is 0 Å². The molecular formula is C13H23N3O2S2. The van der Waals surface area contributed by atoms with Crippen LogP contribution in [0.4, 0.5) is 0 Å². The maximum absolute atomic E-state index is 12.7. The highest BCUT2D eigenvalue weighted by Gasteiger charge is 2.29. The maximum Gasteiger partial charge on any atom is 0.244 e. The van der Waals surface area contributed by atoms with E-state index in [1.165, 1.54) is 11.3 Å². The first-order valence-electron chi connectivity index (χ1n) is 6.89. The van der Waals surface area contributed by atoms with Gasteiger partial charge in [-0.25, -0.2) is 8.42 Å². The summed E-state index contributed by atoms with van der Waals surface area (Å²) >= 11 is 1.50. The monoisotopic (exact) mass is 317 g/mol. The van der Waals surface area contributed by atoms with Gasteiger partial charge in [-0.05, 0) is 18.5 Å². The van der Waals surface area contributed by atoms with E-state index in [2.05, 4.69) is 24.1 Å². The van der Waals surface area contributed by atoms with E-state index in [9.17, 15) is 8.42 Å². The molecule has 0 aliphatic carbocycles. The van der Waals surface area contributed by atoms with E-state index in [4.69, 9.17) is 0 Å². The molecule has 0 bridgehead atoms. The molecule has 1 fully saturated rings. The molecule has 5 nitrogen and oxygen atoms in total. The van der Waals surface area contributed by atoms with Crippen molar-refractivity contribution in [3.63, 3.8) is 0 Å². The lowest BCUT2D eigenvalue weighted by Crippen LogP contribution is -2.47. The third kappa shape index (κ3) is 3.59. The molecule has 1 aliphatic rings. The van der Waals surface area contributed by atoms with Crippen molar-refractivity contribution in [1.29, 1.82) is 0 Å². The Kier molecular flexibility index (Phi) is 5.19. The largest absolute Gasteiger partial charge is 0.310 e. The maximum atomic E-state index is 12.7. The first-order chi connectivity index (χ1) is 9.41. The number of nitrogens with zero attached hydrogens (tertiary/aromatic N) is 2. The number of thiophene rings is 1. The van der Waals surface area contributed by atoms with Crippen molar-refractivity contribution in [1.82, 2.24) is 14.5 Å². The molecule has 7 heteroatoms. The van der Waals surface area contributed by atoms with E-state index < -0.39 is 10.0 Å². The van der Waals surface area contributed by atoms with Gasteiger partial charge in [0.15, 0.2) is 0 Å². The molecule has 0 radical (unpaired) electrons. The highest BCUT2D eigenvalue weighted by atomic mass is 32.2. The zero-order valence-corrected chi connectivity index (χ0v) is 13.9. The van der Waals surface area contributed by atoms with Crippen LogP contribution in [0.15, 0.2) is 16.3 Å². The van der Waals surface area contributed by atoms with Gasteiger partial charge in [0.25, 0.3) is 0 Å². The summed E-state index contributed by atoms with van der Waals surface area (Å²) in [6.45, 7) is 7.46. The van der Waals surface area contributed by atoms with Crippen LogP contribution in [0.1, 0.15) is 18.7 Å². The molecule has 1 aromatic heterocycles. The molecule has 1 aromatic rings. The minimum absolute atomic E-state index is 0.344. The standard InChI is InChI=1S/C13H23N3O2S2/c1-11(2)14-10-12-13(4-9-19-12)20(17,18)16-7-5-15(3)6-8-16/h4,9,11,14H,5-8,10H2,1-3H3. The summed E-state index contributed by atoms with van der Waals surface area (Å²) in [5.41, 5.74) is 0. The van der Waals surface area contributed by atoms with Crippen molar-refractivity contribution in [3.05, 3.63) is 16.3 Å². The molecule has 1 N–H and O–H groups in total. The average Bonchev–Trinajstić information content (AvgIpc) is 2.86. The SMILES string of the molecule is CC(C)NCc1sccc1S(=O)(=O)N1CCN(C)CC1. The van der Waals surface area contributed by atoms with Crippen LogP contribution >= 0.6 is 11.3 Å². The van der Waals surface area contributed by atoms with Gasteiger partial charge < -0.3 is 10.2 Å². The van der Waals surface area contributed by atoms with E-state index in [1.807, 2.05) is 12.4 Å². The molecule has 0 aromatic carbocycles. The minimum Gasteiger partial charge on any atom is -0.310 e. The van der Waals surface area contributed by atoms with Gasteiger partial charge in [0, 0.05) is 43.6 Å². The number of hydrogen-bond acceptors (Lipinski definition) is 5. The molecule has 20 heavy (non-hydrogen) atoms. The van der Waals surface area contributed by atoms with Gasteiger partial charge in [0.1, 0.15) is 0 Å². The Labute approximate surface area is 125 Å². The molecular weight excluding hydrogens is 294 g/mol. The molecule has 114 valence electrons. The highest BCUT2D eigenvalue weighted by molar-refractivity contribution is 7.89. The van der Waals surface area contributed by atoms with E-state index in [1.54, 1.807) is 10.4 Å². The molecule has 0 atom stereocenters. The lowest BCUT2D eigenvalue weighted by atomic mass is 10.4. The third-order valence-corrected chi connectivity index (χ3v) is 6.49. The fourth-order valence-electron chi connectivity index (χ4n) is 2.15. The zero-order chi connectivity index (χ0) is 14.8. The van der Waals surface area contributed by atoms with Crippen LogP contribution in [0.5, 0.6) is 0 Å². The minimum atomic E-state index is -3.34. The second-order valence-corrected chi connectivity index (χ2v) is 8.36. The summed E-state index contributed by atoms with van der Waals surface area (Å²) in [6.07, 6.45) is 0. The average molecular weight is 317 g/mol. The number of piperazine rings is 1. The molecule has 0 unspecified atom stereocenters. The first-order valence-corrected chi connectivity index (χ1v) is 9.21. The van der Waals surface area contributed by atoms with Crippen molar-refractivity contribution in [2.75, 3.05) is 33.2 Å². The Morgan fingerprint density at radius 3 is 2.55 bits per heavy atom. The lowest BCUT2D eigenvalue weighted by Gasteiger charge is -2.31. The van der Waals surface area contributed by atoms with E-state index in [0.717, 1.165) is 18.0 Å². The molecule has 2 heterocycles. The van der Waals surface area contributed by atoms with E-state index in [-0.39, 0.29) is 0 Å². The third-order valence-electron chi connectivity index (χ3n) is 3.46. The topological polar surface area (TPSA) is 52.7 Å². The van der Waals surface area contributed by atoms with Gasteiger partial charge in [0.05, 0.1) is 4.90 Å². The molecule has 1 aliphatic heterocycles. The van der Waals surface area contributed by atoms with Crippen LogP contribution in [-0.4, -0.2) is 56.9 Å². The first kappa shape index (κ1) is 15.9. The van der Waals surface area contributed by atoms with Crippen LogP contribution < -0.4 is 5.32 Å². The summed E-state index contributed by atoms with van der Waals surface area (Å²) in [5.74, 6) is 0. The van der Waals surface area contributed by atoms with Crippen molar-refractivity contribution in [2.24, 2.45) is 0 Å². The Hall–Kier alpha value is -0.470. The molecule has 0 amide bonds. The molecule has 0 saturated carbocycles. The van der Waals surface area contributed by atoms with Crippen LogP contribution in [0.25, 0.3) is 0 Å². The number of likely N-dealkylation sites (N-methyl/N-ethyl adjacent to an activating group) is 1. The van der Waals surface area contributed by atoms with Crippen molar-refractivity contribution >= 4 is 21.4 Å². The van der Waals surface area contributed by atoms with Crippen molar-refractivity contribution < 1.29 is 8.42 Å². The Morgan fingerprint density at radius 2 is 1.95 bits per heavy atom. The zero-order valence-electron chi connectivity index (χ0n) is 12.3. The predicted molar refractivity (Wildman–Crippen MR) is 82.6 cm³/mol. The Bertz CT molecular complexity index is 532. The fourth-order valence-corrected chi connectivity index (χ4v) is 4.94. The number of hydrogen-bond donors (Lipinski definition) is 1. The molecule has 1 saturated heterocycles. The fraction of sp³-hybridized carbons (Fsp3) is 0.692. The summed E-state index contributed by atoms with van der Waals surface area (Å²) in [4.78, 5) is 3.53. The highest BCUT2D eigenvalue weighted by Crippen LogP contribution is 2.26. The van der Waals surface area contributed by atoms with Crippen LogP contribution in [0, 0.1) is 0 Å². The second-order valence-electron chi connectivity index (χ2n) is 5.45. The van der Waals surface area contributed by atoms with Crippen LogP contribution in [0.2, 0.25) is 0 Å². The number of rotatable bonds is 5. The van der Waals surface area contributed by atoms with Crippen molar-refractivity contribution in [3.8, 4) is 0 Å². The van der Waals surface area contributed by atoms with Gasteiger partial charge in [-0.3, -0.25) is 0 Å². The molecule has 0 spiro atoms. The lowest BCUT2D eigenvalue weighted by molar-refractivity contribution is 0.222. The van der Waals surface area contributed by atoms with Gasteiger partial charge in [-0.2, -0.15) is 4.31 Å². The van der Waals surface area contributed by atoms with Gasteiger partial charge in [0.2, 0.25) is 10.0 Å². The Balaban J connectivity index is 2.15. The van der Waals surface area contributed by atoms with E-state index >= 15 is 0 Å². The van der Waals surface area contributed by atoms with Gasteiger partial charge in [-0.1, -0.05) is 13.8 Å².